The summed E-state index contributed by atoms with van der Waals surface area (Å²) in [6.45, 7) is 3.88. The van der Waals surface area contributed by atoms with Gasteiger partial charge in [0, 0.05) is 37.9 Å². The Morgan fingerprint density at radius 2 is 2.30 bits per heavy atom. The van der Waals surface area contributed by atoms with Crippen LogP contribution in [0.4, 0.5) is 16.2 Å². The van der Waals surface area contributed by atoms with Crippen LogP contribution in [0.1, 0.15) is 12.8 Å². The van der Waals surface area contributed by atoms with Crippen LogP contribution in [0, 0.1) is 5.82 Å². The second-order valence-electron chi connectivity index (χ2n) is 5.53. The number of nitrogens with zero attached hydrogens (tertiary/aromatic N) is 3. The molecule has 1 aliphatic rings. The number of hydrogen-bond acceptors (Lipinski definition) is 6. The maximum atomic E-state index is 13.4. The number of hydrogen-bond donors (Lipinski definition) is 3. The second-order valence-corrected chi connectivity index (χ2v) is 5.53. The minimum absolute atomic E-state index is 0.203. The molecule has 4 N–H and O–H groups in total. The molecule has 0 amide bonds. The lowest BCUT2D eigenvalue weighted by molar-refractivity contribution is 0.253. The Morgan fingerprint density at radius 1 is 1.39 bits per heavy atom. The average molecular weight is 316 g/mol. The summed E-state index contributed by atoms with van der Waals surface area (Å²) in [4.78, 5) is 8.28. The first kappa shape index (κ1) is 15.6. The fourth-order valence-corrected chi connectivity index (χ4v) is 2.65. The lowest BCUT2D eigenvalue weighted by atomic mass is 10.1. The molecule has 1 aromatic heterocycles. The van der Waals surface area contributed by atoms with E-state index in [0.29, 0.717) is 5.82 Å². The summed E-state index contributed by atoms with van der Waals surface area (Å²) >= 11 is 0. The van der Waals surface area contributed by atoms with Gasteiger partial charge in [-0.25, -0.2) is 14.4 Å². The number of nitrogens with one attached hydrogen (secondary N) is 2. The molecule has 6 nitrogen and oxygen atoms in total. The summed E-state index contributed by atoms with van der Waals surface area (Å²) in [5.74, 6) is 0.553. The van der Waals surface area contributed by atoms with Crippen molar-refractivity contribution in [3.63, 3.8) is 0 Å². The van der Waals surface area contributed by atoms with Gasteiger partial charge >= 0.3 is 0 Å². The fourth-order valence-electron chi connectivity index (χ4n) is 2.65. The summed E-state index contributed by atoms with van der Waals surface area (Å²) in [7, 11) is 0. The van der Waals surface area contributed by atoms with Gasteiger partial charge in [-0.2, -0.15) is 4.98 Å². The standard InChI is InChI=1S/C16H21FN6/c17-13-5-1-4-12(10-13)14-11-20-16(18)22-15(14)19-6-2-8-23-9-3-7-21-23/h1,4-5,10-11,21H,2-3,6-9H2,(H3,18,19,20,22). The van der Waals surface area contributed by atoms with Crippen molar-refractivity contribution >= 4 is 11.8 Å². The van der Waals surface area contributed by atoms with Crippen molar-refractivity contribution in [3.05, 3.63) is 36.3 Å². The van der Waals surface area contributed by atoms with E-state index in [0.717, 1.165) is 43.7 Å². The number of nitrogen functional groups attached to an aromatic ring is 1. The highest BCUT2D eigenvalue weighted by molar-refractivity contribution is 5.75. The number of anilines is 2. The third kappa shape index (κ3) is 4.14. The van der Waals surface area contributed by atoms with Crippen LogP contribution in [0.5, 0.6) is 0 Å². The van der Waals surface area contributed by atoms with Gasteiger partial charge in [0.05, 0.1) is 0 Å². The van der Waals surface area contributed by atoms with Crippen molar-refractivity contribution in [2.75, 3.05) is 37.2 Å². The third-order valence-corrected chi connectivity index (χ3v) is 3.78. The smallest absolute Gasteiger partial charge is 0.221 e. The van der Waals surface area contributed by atoms with Crippen molar-refractivity contribution in [2.24, 2.45) is 0 Å². The number of nitrogens with two attached hydrogens (primary N) is 1. The first-order valence-electron chi connectivity index (χ1n) is 7.83. The van der Waals surface area contributed by atoms with Crippen LogP contribution in [0.25, 0.3) is 11.1 Å². The summed E-state index contributed by atoms with van der Waals surface area (Å²) < 4.78 is 13.4. The fraction of sp³-hybridized carbons (Fsp3) is 0.375. The lowest BCUT2D eigenvalue weighted by Gasteiger charge is -2.16. The first-order valence-corrected chi connectivity index (χ1v) is 7.83. The molecule has 1 aromatic carbocycles. The highest BCUT2D eigenvalue weighted by Gasteiger charge is 2.11. The molecule has 2 heterocycles. The number of aromatic nitrogens is 2. The molecule has 3 rings (SSSR count). The van der Waals surface area contributed by atoms with Gasteiger partial charge in [0.25, 0.3) is 0 Å². The van der Waals surface area contributed by atoms with Crippen molar-refractivity contribution in [1.82, 2.24) is 20.4 Å². The molecule has 23 heavy (non-hydrogen) atoms. The van der Waals surface area contributed by atoms with E-state index < -0.39 is 0 Å². The minimum atomic E-state index is -0.287. The zero-order valence-electron chi connectivity index (χ0n) is 12.9. The second kappa shape index (κ2) is 7.34. The molecule has 2 aromatic rings. The Hall–Kier alpha value is -2.25. The topological polar surface area (TPSA) is 79.1 Å². The van der Waals surface area contributed by atoms with Crippen LogP contribution < -0.4 is 16.5 Å². The highest BCUT2D eigenvalue weighted by atomic mass is 19.1. The quantitative estimate of drug-likeness (QED) is 0.706. The van der Waals surface area contributed by atoms with Crippen molar-refractivity contribution in [1.29, 1.82) is 0 Å². The summed E-state index contributed by atoms with van der Waals surface area (Å²) in [5.41, 5.74) is 10.5. The van der Waals surface area contributed by atoms with E-state index in [1.165, 1.54) is 18.6 Å². The third-order valence-electron chi connectivity index (χ3n) is 3.78. The molecule has 0 aliphatic carbocycles. The van der Waals surface area contributed by atoms with Gasteiger partial charge in [-0.1, -0.05) is 12.1 Å². The van der Waals surface area contributed by atoms with E-state index in [9.17, 15) is 4.39 Å². The molecule has 0 unspecified atom stereocenters. The van der Waals surface area contributed by atoms with Gasteiger partial charge in [0.2, 0.25) is 5.95 Å². The molecule has 0 saturated carbocycles. The van der Waals surface area contributed by atoms with E-state index in [4.69, 9.17) is 5.73 Å². The summed E-state index contributed by atoms with van der Waals surface area (Å²) in [5, 5.41) is 5.51. The van der Waals surface area contributed by atoms with Gasteiger partial charge in [-0.15, -0.1) is 0 Å². The van der Waals surface area contributed by atoms with Gasteiger partial charge in [0.1, 0.15) is 11.6 Å². The monoisotopic (exact) mass is 316 g/mol. The Kier molecular flexibility index (Phi) is 4.99. The Balaban J connectivity index is 1.66. The van der Waals surface area contributed by atoms with Crippen LogP contribution in [0.3, 0.4) is 0 Å². The van der Waals surface area contributed by atoms with E-state index in [-0.39, 0.29) is 11.8 Å². The lowest BCUT2D eigenvalue weighted by Crippen LogP contribution is -2.32. The van der Waals surface area contributed by atoms with Crippen LogP contribution in [-0.4, -0.2) is 41.2 Å². The number of halogens is 1. The molecule has 0 atom stereocenters. The number of benzene rings is 1. The molecular formula is C16H21FN6. The van der Waals surface area contributed by atoms with Gasteiger partial charge in [-0.3, -0.25) is 5.43 Å². The Morgan fingerprint density at radius 3 is 3.09 bits per heavy atom. The number of rotatable bonds is 6. The predicted octanol–water partition coefficient (Wildman–Crippen LogP) is 1.88. The van der Waals surface area contributed by atoms with E-state index in [2.05, 4.69) is 25.7 Å². The predicted molar refractivity (Wildman–Crippen MR) is 89.1 cm³/mol. The molecule has 122 valence electrons. The maximum absolute atomic E-state index is 13.4. The molecular weight excluding hydrogens is 295 g/mol. The normalized spacial score (nSPS) is 15.0. The largest absolute Gasteiger partial charge is 0.369 e. The molecule has 0 bridgehead atoms. The maximum Gasteiger partial charge on any atom is 0.221 e. The zero-order valence-corrected chi connectivity index (χ0v) is 12.9. The van der Waals surface area contributed by atoms with Crippen molar-refractivity contribution in [3.8, 4) is 11.1 Å². The van der Waals surface area contributed by atoms with E-state index >= 15 is 0 Å². The zero-order chi connectivity index (χ0) is 16.1. The summed E-state index contributed by atoms with van der Waals surface area (Å²) in [6, 6.07) is 6.38. The van der Waals surface area contributed by atoms with E-state index in [1.807, 2.05) is 6.07 Å². The van der Waals surface area contributed by atoms with E-state index in [1.54, 1.807) is 12.3 Å². The van der Waals surface area contributed by atoms with Gasteiger partial charge < -0.3 is 11.1 Å². The van der Waals surface area contributed by atoms with Crippen molar-refractivity contribution in [2.45, 2.75) is 12.8 Å². The minimum Gasteiger partial charge on any atom is -0.369 e. The molecule has 1 saturated heterocycles. The molecule has 0 radical (unpaired) electrons. The van der Waals surface area contributed by atoms with Gasteiger partial charge in [-0.05, 0) is 30.5 Å². The molecule has 7 heteroatoms. The molecule has 0 spiro atoms. The first-order chi connectivity index (χ1) is 11.2. The Bertz CT molecular complexity index is 657. The number of hydrazine groups is 1. The SMILES string of the molecule is Nc1ncc(-c2cccc(F)c2)c(NCCCN2CCCN2)n1. The average Bonchev–Trinajstić information content (AvgIpc) is 3.05. The highest BCUT2D eigenvalue weighted by Crippen LogP contribution is 2.26. The molecule has 1 fully saturated rings. The van der Waals surface area contributed by atoms with Crippen LogP contribution >= 0.6 is 0 Å². The molecule has 1 aliphatic heterocycles. The Labute approximate surface area is 134 Å². The van der Waals surface area contributed by atoms with Crippen molar-refractivity contribution < 1.29 is 4.39 Å². The summed E-state index contributed by atoms with van der Waals surface area (Å²) in [6.07, 6.45) is 3.79. The van der Waals surface area contributed by atoms with Crippen LogP contribution in [0.2, 0.25) is 0 Å². The van der Waals surface area contributed by atoms with Crippen LogP contribution in [-0.2, 0) is 0 Å². The van der Waals surface area contributed by atoms with Crippen LogP contribution in [0.15, 0.2) is 30.5 Å². The van der Waals surface area contributed by atoms with Gasteiger partial charge in [0.15, 0.2) is 0 Å².